The Morgan fingerprint density at radius 1 is 1.12 bits per heavy atom. The molecule has 0 aliphatic carbocycles. The summed E-state index contributed by atoms with van der Waals surface area (Å²) in [4.78, 5) is 8.87. The van der Waals surface area contributed by atoms with Crippen molar-refractivity contribution in [3.8, 4) is 0 Å². The van der Waals surface area contributed by atoms with Gasteiger partial charge in [0.25, 0.3) is 0 Å². The SMILES string of the molecule is CCc1nc(CCNC(=NC)NCc2ccccc2CC)cs1.I. The van der Waals surface area contributed by atoms with Crippen molar-refractivity contribution in [2.45, 2.75) is 39.7 Å². The molecule has 0 bridgehead atoms. The third-order valence-corrected chi connectivity index (χ3v) is 4.79. The summed E-state index contributed by atoms with van der Waals surface area (Å²) >= 11 is 1.74. The lowest BCUT2D eigenvalue weighted by atomic mass is 10.1. The Morgan fingerprint density at radius 3 is 2.50 bits per heavy atom. The molecule has 0 fully saturated rings. The highest BCUT2D eigenvalue weighted by Crippen LogP contribution is 2.10. The van der Waals surface area contributed by atoms with E-state index < -0.39 is 0 Å². The van der Waals surface area contributed by atoms with E-state index in [9.17, 15) is 0 Å². The van der Waals surface area contributed by atoms with Gasteiger partial charge >= 0.3 is 0 Å². The largest absolute Gasteiger partial charge is 0.356 e. The predicted octanol–water partition coefficient (Wildman–Crippen LogP) is 3.79. The number of hydrogen-bond donors (Lipinski definition) is 2. The average Bonchev–Trinajstić information content (AvgIpc) is 3.06. The van der Waals surface area contributed by atoms with Gasteiger partial charge in [0, 0.05) is 31.9 Å². The number of benzene rings is 1. The molecule has 1 aromatic heterocycles. The Kier molecular flexibility index (Phi) is 9.94. The highest BCUT2D eigenvalue weighted by Gasteiger charge is 2.03. The van der Waals surface area contributed by atoms with E-state index in [0.717, 1.165) is 44.0 Å². The molecule has 2 N–H and O–H groups in total. The van der Waals surface area contributed by atoms with Crippen LogP contribution in [-0.2, 0) is 25.8 Å². The molecule has 4 nitrogen and oxygen atoms in total. The van der Waals surface area contributed by atoms with Crippen LogP contribution in [0, 0.1) is 0 Å². The fourth-order valence-corrected chi connectivity index (χ4v) is 3.19. The second kappa shape index (κ2) is 11.4. The van der Waals surface area contributed by atoms with Crippen LogP contribution in [-0.4, -0.2) is 24.5 Å². The van der Waals surface area contributed by atoms with Crippen LogP contribution in [0.4, 0.5) is 0 Å². The van der Waals surface area contributed by atoms with Crippen molar-refractivity contribution in [3.63, 3.8) is 0 Å². The molecule has 24 heavy (non-hydrogen) atoms. The minimum absolute atomic E-state index is 0. The minimum atomic E-state index is 0. The van der Waals surface area contributed by atoms with Gasteiger partial charge in [0.05, 0.1) is 10.7 Å². The first-order valence-electron chi connectivity index (χ1n) is 8.21. The van der Waals surface area contributed by atoms with Gasteiger partial charge in [-0.3, -0.25) is 4.99 Å². The monoisotopic (exact) mass is 458 g/mol. The fourth-order valence-electron chi connectivity index (χ4n) is 2.41. The van der Waals surface area contributed by atoms with E-state index in [1.165, 1.54) is 16.1 Å². The van der Waals surface area contributed by atoms with Crippen molar-refractivity contribution in [2.24, 2.45) is 4.99 Å². The van der Waals surface area contributed by atoms with Gasteiger partial charge in [-0.25, -0.2) is 4.98 Å². The summed E-state index contributed by atoms with van der Waals surface area (Å²) in [6, 6.07) is 8.52. The van der Waals surface area contributed by atoms with Crippen LogP contribution in [0.2, 0.25) is 0 Å². The Labute approximate surface area is 166 Å². The molecule has 132 valence electrons. The van der Waals surface area contributed by atoms with Crippen molar-refractivity contribution in [3.05, 3.63) is 51.5 Å². The zero-order valence-corrected chi connectivity index (χ0v) is 17.8. The number of nitrogens with one attached hydrogen (secondary N) is 2. The molecular weight excluding hydrogens is 431 g/mol. The Balaban J connectivity index is 0.00000288. The third-order valence-electron chi connectivity index (χ3n) is 3.74. The van der Waals surface area contributed by atoms with Crippen LogP contribution < -0.4 is 10.6 Å². The maximum Gasteiger partial charge on any atom is 0.191 e. The highest BCUT2D eigenvalue weighted by atomic mass is 127. The van der Waals surface area contributed by atoms with E-state index in [2.05, 4.69) is 64.1 Å². The topological polar surface area (TPSA) is 49.3 Å². The van der Waals surface area contributed by atoms with Crippen LogP contribution in [0.5, 0.6) is 0 Å². The molecule has 0 atom stereocenters. The number of halogens is 1. The van der Waals surface area contributed by atoms with Crippen molar-refractivity contribution in [1.82, 2.24) is 15.6 Å². The first-order chi connectivity index (χ1) is 11.3. The summed E-state index contributed by atoms with van der Waals surface area (Å²) in [5.74, 6) is 0.835. The molecule has 0 saturated carbocycles. The van der Waals surface area contributed by atoms with Crippen LogP contribution >= 0.6 is 35.3 Å². The number of aryl methyl sites for hydroxylation is 2. The lowest BCUT2D eigenvalue weighted by molar-refractivity contribution is 0.781. The molecule has 0 unspecified atom stereocenters. The van der Waals surface area contributed by atoms with Crippen LogP contribution in [0.1, 0.15) is 35.7 Å². The Hall–Kier alpha value is -1.15. The number of guanidine groups is 1. The number of aliphatic imine (C=N–C) groups is 1. The molecule has 0 radical (unpaired) electrons. The smallest absolute Gasteiger partial charge is 0.191 e. The maximum absolute atomic E-state index is 4.59. The van der Waals surface area contributed by atoms with Crippen molar-refractivity contribution >= 4 is 41.3 Å². The van der Waals surface area contributed by atoms with Gasteiger partial charge in [-0.05, 0) is 24.0 Å². The zero-order chi connectivity index (χ0) is 16.5. The first-order valence-corrected chi connectivity index (χ1v) is 9.09. The van der Waals surface area contributed by atoms with Gasteiger partial charge in [0.2, 0.25) is 0 Å². The van der Waals surface area contributed by atoms with Crippen molar-refractivity contribution in [2.75, 3.05) is 13.6 Å². The number of aromatic nitrogens is 1. The predicted molar refractivity (Wildman–Crippen MR) is 115 cm³/mol. The van der Waals surface area contributed by atoms with Gasteiger partial charge in [-0.1, -0.05) is 38.1 Å². The fraction of sp³-hybridized carbons (Fsp3) is 0.444. The molecule has 0 aliphatic rings. The highest BCUT2D eigenvalue weighted by molar-refractivity contribution is 14.0. The van der Waals surface area contributed by atoms with Gasteiger partial charge in [0.15, 0.2) is 5.96 Å². The molecule has 2 rings (SSSR count). The normalized spacial score (nSPS) is 11.0. The summed E-state index contributed by atoms with van der Waals surface area (Å²) in [6.07, 6.45) is 2.98. The molecule has 1 heterocycles. The number of nitrogens with zero attached hydrogens (tertiary/aromatic N) is 2. The average molecular weight is 458 g/mol. The molecule has 0 amide bonds. The zero-order valence-electron chi connectivity index (χ0n) is 14.6. The first kappa shape index (κ1) is 20.9. The number of thiazole rings is 1. The molecule has 0 saturated heterocycles. The summed E-state index contributed by atoms with van der Waals surface area (Å²) < 4.78 is 0. The van der Waals surface area contributed by atoms with E-state index in [1.54, 1.807) is 18.4 Å². The van der Waals surface area contributed by atoms with E-state index in [-0.39, 0.29) is 24.0 Å². The number of rotatable bonds is 7. The van der Waals surface area contributed by atoms with Crippen LogP contribution in [0.3, 0.4) is 0 Å². The van der Waals surface area contributed by atoms with E-state index in [1.807, 2.05) is 0 Å². The van der Waals surface area contributed by atoms with Crippen molar-refractivity contribution in [1.29, 1.82) is 0 Å². The van der Waals surface area contributed by atoms with Crippen LogP contribution in [0.25, 0.3) is 0 Å². The summed E-state index contributed by atoms with van der Waals surface area (Å²) in [5, 5.41) is 10.1. The molecule has 2 aromatic rings. The molecule has 6 heteroatoms. The molecular formula is C18H27IN4S. The Morgan fingerprint density at radius 2 is 1.88 bits per heavy atom. The Bertz CT molecular complexity index is 639. The van der Waals surface area contributed by atoms with Crippen LogP contribution in [0.15, 0.2) is 34.6 Å². The van der Waals surface area contributed by atoms with E-state index in [0.29, 0.717) is 0 Å². The van der Waals surface area contributed by atoms with Gasteiger partial charge in [-0.15, -0.1) is 35.3 Å². The van der Waals surface area contributed by atoms with Gasteiger partial charge in [-0.2, -0.15) is 0 Å². The van der Waals surface area contributed by atoms with Gasteiger partial charge in [0.1, 0.15) is 0 Å². The lowest BCUT2D eigenvalue weighted by Crippen LogP contribution is -2.38. The standard InChI is InChI=1S/C18H26N4S.HI/c1-4-14-8-6-7-9-15(14)12-21-18(19-3)20-11-10-16-13-23-17(5-2)22-16;/h6-9,13H,4-5,10-12H2,1-3H3,(H2,19,20,21);1H. The second-order valence-electron chi connectivity index (χ2n) is 5.31. The van der Waals surface area contributed by atoms with Crippen molar-refractivity contribution < 1.29 is 0 Å². The minimum Gasteiger partial charge on any atom is -0.356 e. The van der Waals surface area contributed by atoms with Gasteiger partial charge < -0.3 is 10.6 Å². The quantitative estimate of drug-likeness (QED) is 0.377. The number of hydrogen-bond acceptors (Lipinski definition) is 3. The molecule has 0 aliphatic heterocycles. The molecule has 0 spiro atoms. The third kappa shape index (κ3) is 6.39. The second-order valence-corrected chi connectivity index (χ2v) is 6.25. The molecule has 1 aromatic carbocycles. The van der Waals surface area contributed by atoms with E-state index in [4.69, 9.17) is 0 Å². The summed E-state index contributed by atoms with van der Waals surface area (Å²) in [5.41, 5.74) is 3.86. The lowest BCUT2D eigenvalue weighted by Gasteiger charge is -2.13. The maximum atomic E-state index is 4.59. The van der Waals surface area contributed by atoms with E-state index >= 15 is 0 Å². The summed E-state index contributed by atoms with van der Waals surface area (Å²) in [7, 11) is 1.80. The summed E-state index contributed by atoms with van der Waals surface area (Å²) in [6.45, 7) is 5.95.